The SMILES string of the molecule is COc1ccc(S(N)(=O)=O)cc1NC(=O)c1cc2c(s1)CCC2. The third-order valence-corrected chi connectivity index (χ3v) is 5.86. The fraction of sp³-hybridized carbons (Fsp3) is 0.267. The standard InChI is InChI=1S/C15H16N2O4S2/c1-21-12-6-5-10(23(16,19)20)8-11(12)17-15(18)14-7-9-3-2-4-13(9)22-14/h5-8H,2-4H2,1H3,(H,17,18)(H2,16,19,20). The van der Waals surface area contributed by atoms with Crippen molar-refractivity contribution in [3.8, 4) is 5.75 Å². The van der Waals surface area contributed by atoms with Gasteiger partial charge in [-0.05, 0) is 49.1 Å². The molecule has 1 aliphatic carbocycles. The van der Waals surface area contributed by atoms with Crippen molar-refractivity contribution in [2.75, 3.05) is 12.4 Å². The first-order valence-corrected chi connectivity index (χ1v) is 9.38. The molecule has 0 bridgehead atoms. The number of rotatable bonds is 4. The number of nitrogens with two attached hydrogens (primary N) is 1. The lowest BCUT2D eigenvalue weighted by Crippen LogP contribution is -2.15. The van der Waals surface area contributed by atoms with Crippen LogP contribution in [0, 0.1) is 0 Å². The molecule has 0 spiro atoms. The molecule has 6 nitrogen and oxygen atoms in total. The third-order valence-electron chi connectivity index (χ3n) is 3.72. The molecule has 23 heavy (non-hydrogen) atoms. The number of amides is 1. The summed E-state index contributed by atoms with van der Waals surface area (Å²) in [7, 11) is -2.41. The van der Waals surface area contributed by atoms with Gasteiger partial charge < -0.3 is 10.1 Å². The van der Waals surface area contributed by atoms with Gasteiger partial charge in [-0.2, -0.15) is 0 Å². The van der Waals surface area contributed by atoms with Crippen LogP contribution in [-0.2, 0) is 22.9 Å². The van der Waals surface area contributed by atoms with Gasteiger partial charge in [-0.3, -0.25) is 4.79 Å². The number of sulfonamides is 1. The van der Waals surface area contributed by atoms with Crippen molar-refractivity contribution < 1.29 is 17.9 Å². The Kier molecular flexibility index (Phi) is 4.13. The number of aryl methyl sites for hydroxylation is 2. The molecule has 1 amide bonds. The molecule has 0 aliphatic heterocycles. The molecule has 0 unspecified atom stereocenters. The van der Waals surface area contributed by atoms with Gasteiger partial charge in [-0.25, -0.2) is 13.6 Å². The lowest BCUT2D eigenvalue weighted by molar-refractivity contribution is 0.103. The summed E-state index contributed by atoms with van der Waals surface area (Å²) < 4.78 is 28.1. The molecule has 1 aromatic carbocycles. The fourth-order valence-corrected chi connectivity index (χ4v) is 4.28. The van der Waals surface area contributed by atoms with E-state index in [1.807, 2.05) is 6.07 Å². The van der Waals surface area contributed by atoms with Crippen LogP contribution in [0.1, 0.15) is 26.5 Å². The zero-order chi connectivity index (χ0) is 16.6. The molecule has 0 saturated carbocycles. The van der Waals surface area contributed by atoms with Crippen LogP contribution in [0.25, 0.3) is 0 Å². The van der Waals surface area contributed by atoms with Crippen LogP contribution < -0.4 is 15.2 Å². The molecular weight excluding hydrogens is 336 g/mol. The highest BCUT2D eigenvalue weighted by molar-refractivity contribution is 7.89. The van der Waals surface area contributed by atoms with E-state index in [-0.39, 0.29) is 16.5 Å². The Morgan fingerprint density at radius 3 is 2.74 bits per heavy atom. The molecular formula is C15H16N2O4S2. The van der Waals surface area contributed by atoms with E-state index in [2.05, 4.69) is 5.32 Å². The van der Waals surface area contributed by atoms with Crippen LogP contribution >= 0.6 is 11.3 Å². The van der Waals surface area contributed by atoms with Crippen LogP contribution in [0.4, 0.5) is 5.69 Å². The number of thiophene rings is 1. The van der Waals surface area contributed by atoms with Gasteiger partial charge in [0.1, 0.15) is 5.75 Å². The lowest BCUT2D eigenvalue weighted by Gasteiger charge is -2.11. The number of ether oxygens (including phenoxy) is 1. The van der Waals surface area contributed by atoms with Crippen LogP contribution in [0.3, 0.4) is 0 Å². The first-order valence-electron chi connectivity index (χ1n) is 7.02. The minimum atomic E-state index is -3.85. The zero-order valence-electron chi connectivity index (χ0n) is 12.5. The van der Waals surface area contributed by atoms with Crippen LogP contribution in [0.5, 0.6) is 5.75 Å². The van der Waals surface area contributed by atoms with E-state index in [4.69, 9.17) is 9.88 Å². The monoisotopic (exact) mass is 352 g/mol. The molecule has 0 saturated heterocycles. The zero-order valence-corrected chi connectivity index (χ0v) is 14.1. The number of hydrogen-bond acceptors (Lipinski definition) is 5. The topological polar surface area (TPSA) is 98.5 Å². The smallest absolute Gasteiger partial charge is 0.265 e. The number of hydrogen-bond donors (Lipinski definition) is 2. The molecule has 1 aromatic heterocycles. The van der Waals surface area contributed by atoms with Gasteiger partial charge in [0, 0.05) is 4.88 Å². The fourth-order valence-electron chi connectivity index (χ4n) is 2.59. The quantitative estimate of drug-likeness (QED) is 0.881. The molecule has 0 radical (unpaired) electrons. The number of primary sulfonamides is 1. The van der Waals surface area contributed by atoms with Gasteiger partial charge in [-0.15, -0.1) is 11.3 Å². The van der Waals surface area contributed by atoms with E-state index in [9.17, 15) is 13.2 Å². The molecule has 0 fully saturated rings. The second-order valence-corrected chi connectivity index (χ2v) is 7.97. The Bertz CT molecular complexity index is 850. The van der Waals surface area contributed by atoms with E-state index in [0.29, 0.717) is 10.6 Å². The van der Waals surface area contributed by atoms with E-state index in [1.54, 1.807) is 0 Å². The summed E-state index contributed by atoms with van der Waals surface area (Å²) in [6.45, 7) is 0. The summed E-state index contributed by atoms with van der Waals surface area (Å²) in [6.07, 6.45) is 3.15. The second-order valence-electron chi connectivity index (χ2n) is 5.27. The van der Waals surface area contributed by atoms with Crippen molar-refractivity contribution in [3.63, 3.8) is 0 Å². The average Bonchev–Trinajstić information content (AvgIpc) is 3.07. The van der Waals surface area contributed by atoms with Crippen molar-refractivity contribution in [1.82, 2.24) is 0 Å². The Morgan fingerprint density at radius 1 is 1.30 bits per heavy atom. The van der Waals surface area contributed by atoms with E-state index in [0.717, 1.165) is 19.3 Å². The molecule has 8 heteroatoms. The summed E-state index contributed by atoms with van der Waals surface area (Å²) in [5, 5.41) is 7.83. The number of carbonyl (C=O) groups excluding carboxylic acids is 1. The van der Waals surface area contributed by atoms with E-state index in [1.165, 1.54) is 47.1 Å². The van der Waals surface area contributed by atoms with Crippen molar-refractivity contribution in [1.29, 1.82) is 0 Å². The normalized spacial score (nSPS) is 13.7. The predicted molar refractivity (Wildman–Crippen MR) is 88.7 cm³/mol. The number of fused-ring (bicyclic) bond motifs is 1. The molecule has 2 aromatic rings. The van der Waals surface area contributed by atoms with Crippen molar-refractivity contribution in [3.05, 3.63) is 39.6 Å². The summed E-state index contributed by atoms with van der Waals surface area (Å²) in [5.41, 5.74) is 1.50. The molecule has 122 valence electrons. The van der Waals surface area contributed by atoms with Gasteiger partial charge in [0.25, 0.3) is 5.91 Å². The number of anilines is 1. The maximum atomic E-state index is 12.4. The lowest BCUT2D eigenvalue weighted by atomic mass is 10.2. The van der Waals surface area contributed by atoms with Crippen LogP contribution in [0.15, 0.2) is 29.2 Å². The molecule has 0 atom stereocenters. The second kappa shape index (κ2) is 5.95. The first-order chi connectivity index (χ1) is 10.9. The van der Waals surface area contributed by atoms with Crippen molar-refractivity contribution in [2.45, 2.75) is 24.2 Å². The Balaban J connectivity index is 1.90. The highest BCUT2D eigenvalue weighted by Gasteiger charge is 2.20. The van der Waals surface area contributed by atoms with Gasteiger partial charge in [-0.1, -0.05) is 0 Å². The predicted octanol–water partition coefficient (Wildman–Crippen LogP) is 2.15. The molecule has 3 rings (SSSR count). The summed E-state index contributed by atoms with van der Waals surface area (Å²) in [5.74, 6) is 0.0871. The van der Waals surface area contributed by atoms with E-state index < -0.39 is 10.0 Å². The highest BCUT2D eigenvalue weighted by atomic mass is 32.2. The Morgan fingerprint density at radius 2 is 2.09 bits per heavy atom. The summed E-state index contributed by atoms with van der Waals surface area (Å²) >= 11 is 1.48. The average molecular weight is 352 g/mol. The first kappa shape index (κ1) is 16.0. The number of nitrogens with one attached hydrogen (secondary N) is 1. The minimum Gasteiger partial charge on any atom is -0.495 e. The van der Waals surface area contributed by atoms with Crippen LogP contribution in [0.2, 0.25) is 0 Å². The number of methoxy groups -OCH3 is 1. The van der Waals surface area contributed by atoms with Gasteiger partial charge >= 0.3 is 0 Å². The maximum Gasteiger partial charge on any atom is 0.265 e. The Hall–Kier alpha value is -1.90. The largest absolute Gasteiger partial charge is 0.495 e. The Labute approximate surface area is 138 Å². The van der Waals surface area contributed by atoms with Crippen LogP contribution in [-0.4, -0.2) is 21.4 Å². The third kappa shape index (κ3) is 3.24. The number of benzene rings is 1. The van der Waals surface area contributed by atoms with Gasteiger partial charge in [0.15, 0.2) is 0 Å². The summed E-state index contributed by atoms with van der Waals surface area (Å²) in [6, 6.07) is 6.00. The molecule has 1 heterocycles. The highest BCUT2D eigenvalue weighted by Crippen LogP contribution is 2.32. The minimum absolute atomic E-state index is 0.0812. The molecule has 1 aliphatic rings. The summed E-state index contributed by atoms with van der Waals surface area (Å²) in [4.78, 5) is 14.2. The maximum absolute atomic E-state index is 12.4. The van der Waals surface area contributed by atoms with Gasteiger partial charge in [0.05, 0.1) is 22.6 Å². The van der Waals surface area contributed by atoms with Crippen molar-refractivity contribution >= 4 is 33.0 Å². The van der Waals surface area contributed by atoms with Gasteiger partial charge in [0.2, 0.25) is 10.0 Å². The molecule has 3 N–H and O–H groups in total. The van der Waals surface area contributed by atoms with Crippen molar-refractivity contribution in [2.24, 2.45) is 5.14 Å². The number of carbonyl (C=O) groups is 1. The van der Waals surface area contributed by atoms with E-state index >= 15 is 0 Å².